The van der Waals surface area contributed by atoms with Crippen LogP contribution in [-0.2, 0) is 13.0 Å². The highest BCUT2D eigenvalue weighted by molar-refractivity contribution is 5.99. The molecule has 11 heteroatoms. The van der Waals surface area contributed by atoms with Gasteiger partial charge in [0.05, 0.1) is 32.0 Å². The normalized spacial score (nSPS) is 11.0. The highest BCUT2D eigenvalue weighted by Crippen LogP contribution is 2.41. The second-order valence-corrected chi connectivity index (χ2v) is 8.76. The Kier molecular flexibility index (Phi) is 7.05. The maximum absolute atomic E-state index is 14.1. The van der Waals surface area contributed by atoms with Gasteiger partial charge in [-0.25, -0.2) is 9.37 Å². The summed E-state index contributed by atoms with van der Waals surface area (Å²) in [5.41, 5.74) is 14.6. The second-order valence-electron chi connectivity index (χ2n) is 8.76. The minimum Gasteiger partial charge on any atom is -0.493 e. The van der Waals surface area contributed by atoms with Crippen LogP contribution < -0.4 is 25.8 Å². The zero-order chi connectivity index (χ0) is 26.9. The number of anilines is 3. The molecule has 0 unspecified atom stereocenters. The number of benzene rings is 2. The fourth-order valence-corrected chi connectivity index (χ4v) is 4.17. The summed E-state index contributed by atoms with van der Waals surface area (Å²) in [5.74, 6) is 1.19. The van der Waals surface area contributed by atoms with Crippen LogP contribution in [0.4, 0.5) is 21.8 Å². The van der Waals surface area contributed by atoms with E-state index in [1.165, 1.54) is 30.2 Å². The Balaban J connectivity index is 1.77. The van der Waals surface area contributed by atoms with Gasteiger partial charge in [0.1, 0.15) is 17.4 Å². The van der Waals surface area contributed by atoms with Crippen molar-refractivity contribution in [3.05, 3.63) is 64.8 Å². The molecule has 2 aromatic heterocycles. The fourth-order valence-electron chi connectivity index (χ4n) is 4.17. The molecule has 194 valence electrons. The van der Waals surface area contributed by atoms with Gasteiger partial charge in [-0.3, -0.25) is 4.79 Å². The molecule has 4 rings (SSSR count). The number of rotatable bonds is 8. The van der Waals surface area contributed by atoms with E-state index in [-0.39, 0.29) is 24.2 Å². The predicted octanol–water partition coefficient (Wildman–Crippen LogP) is 3.47. The summed E-state index contributed by atoms with van der Waals surface area (Å²) in [5, 5.41) is 0.779. The number of halogens is 1. The summed E-state index contributed by atoms with van der Waals surface area (Å²) in [4.78, 5) is 24.0. The molecular formula is C26H29FN6O4. The number of hydrogen-bond acceptors (Lipinski definition) is 9. The Morgan fingerprint density at radius 2 is 1.84 bits per heavy atom. The number of nitrogen functional groups attached to an aromatic ring is 2. The van der Waals surface area contributed by atoms with Crippen LogP contribution in [-0.4, -0.2) is 56.1 Å². The average molecular weight is 509 g/mol. The Morgan fingerprint density at radius 1 is 1.08 bits per heavy atom. The molecule has 0 bridgehead atoms. The molecular weight excluding hydrogens is 479 g/mol. The Hall–Kier alpha value is -4.54. The Bertz CT molecular complexity index is 1470. The fraction of sp³-hybridized carbons (Fsp3) is 0.269. The zero-order valence-corrected chi connectivity index (χ0v) is 21.3. The van der Waals surface area contributed by atoms with Crippen LogP contribution in [0.2, 0.25) is 0 Å². The van der Waals surface area contributed by atoms with Gasteiger partial charge in [0.2, 0.25) is 11.7 Å². The number of hydrogen-bond donors (Lipinski definition) is 2. The van der Waals surface area contributed by atoms with Crippen LogP contribution >= 0.6 is 0 Å². The van der Waals surface area contributed by atoms with E-state index in [1.807, 2.05) is 12.1 Å². The number of methoxy groups -OCH3 is 2. The smallest absolute Gasteiger partial charge is 0.255 e. The number of amides is 1. The second kappa shape index (κ2) is 10.2. The number of carbonyl (C=O) groups excluding carboxylic acids is 1. The summed E-state index contributed by atoms with van der Waals surface area (Å²) in [6.07, 6.45) is 1.98. The van der Waals surface area contributed by atoms with Gasteiger partial charge in [-0.1, -0.05) is 0 Å². The highest BCUT2D eigenvalue weighted by Gasteiger charge is 2.22. The van der Waals surface area contributed by atoms with Crippen molar-refractivity contribution in [3.63, 3.8) is 0 Å². The third-order valence-corrected chi connectivity index (χ3v) is 5.99. The van der Waals surface area contributed by atoms with Crippen molar-refractivity contribution < 1.29 is 23.1 Å². The van der Waals surface area contributed by atoms with Crippen LogP contribution in [0, 0.1) is 5.82 Å². The largest absolute Gasteiger partial charge is 0.493 e. The first-order valence-electron chi connectivity index (χ1n) is 11.4. The van der Waals surface area contributed by atoms with E-state index in [1.54, 1.807) is 39.3 Å². The lowest BCUT2D eigenvalue weighted by Gasteiger charge is -2.22. The molecule has 2 aromatic carbocycles. The number of aromatic nitrogens is 2. The first kappa shape index (κ1) is 25.5. The molecule has 4 aromatic rings. The van der Waals surface area contributed by atoms with Crippen molar-refractivity contribution in [2.75, 3.05) is 51.7 Å². The third-order valence-electron chi connectivity index (χ3n) is 5.99. The highest BCUT2D eigenvalue weighted by atomic mass is 19.1. The zero-order valence-electron chi connectivity index (χ0n) is 21.3. The SMILES string of the molecule is COc1cc(Cc2cnc(N)nc2N)c2cc(CN(C)c3cc(F)ccc3C(=O)N(C)C)oc2c1OC. The van der Waals surface area contributed by atoms with Gasteiger partial charge in [-0.05, 0) is 35.9 Å². The first-order valence-corrected chi connectivity index (χ1v) is 11.4. The first-order chi connectivity index (χ1) is 17.6. The van der Waals surface area contributed by atoms with Crippen LogP contribution in [0.25, 0.3) is 11.0 Å². The van der Waals surface area contributed by atoms with Gasteiger partial charge in [-0.15, -0.1) is 0 Å². The van der Waals surface area contributed by atoms with Gasteiger partial charge in [-0.2, -0.15) is 4.98 Å². The number of furan rings is 1. The third kappa shape index (κ3) is 5.06. The minimum absolute atomic E-state index is 0.0943. The van der Waals surface area contributed by atoms with Crippen molar-refractivity contribution in [1.29, 1.82) is 0 Å². The van der Waals surface area contributed by atoms with Crippen LogP contribution in [0.3, 0.4) is 0 Å². The molecule has 0 aliphatic carbocycles. The maximum atomic E-state index is 14.1. The van der Waals surface area contributed by atoms with E-state index in [4.69, 9.17) is 25.4 Å². The lowest BCUT2D eigenvalue weighted by atomic mass is 10.0. The summed E-state index contributed by atoms with van der Waals surface area (Å²) in [6.45, 7) is 0.254. The lowest BCUT2D eigenvalue weighted by molar-refractivity contribution is 0.0828. The molecule has 1 amide bonds. The molecule has 0 spiro atoms. The van der Waals surface area contributed by atoms with Crippen LogP contribution in [0.5, 0.6) is 11.5 Å². The minimum atomic E-state index is -0.446. The van der Waals surface area contributed by atoms with E-state index in [2.05, 4.69) is 9.97 Å². The van der Waals surface area contributed by atoms with Crippen LogP contribution in [0.1, 0.15) is 27.2 Å². The van der Waals surface area contributed by atoms with Crippen molar-refractivity contribution in [2.24, 2.45) is 0 Å². The van der Waals surface area contributed by atoms with E-state index >= 15 is 0 Å². The summed E-state index contributed by atoms with van der Waals surface area (Å²) < 4.78 is 31.5. The standard InChI is InChI=1S/C26H29FN6O4/c1-32(2)25(34)18-7-6-16(27)10-20(18)33(3)13-17-11-19-14(8-15-12-30-26(29)31-24(15)28)9-21(35-4)23(36-5)22(19)37-17/h6-7,9-12H,8,13H2,1-5H3,(H4,28,29,30,31). The van der Waals surface area contributed by atoms with Gasteiger partial charge < -0.3 is 35.2 Å². The van der Waals surface area contributed by atoms with Crippen molar-refractivity contribution in [2.45, 2.75) is 13.0 Å². The van der Waals surface area contributed by atoms with Crippen molar-refractivity contribution >= 4 is 34.3 Å². The molecule has 10 nitrogen and oxygen atoms in total. The molecule has 37 heavy (non-hydrogen) atoms. The molecule has 0 fully saturated rings. The Morgan fingerprint density at radius 3 is 2.49 bits per heavy atom. The van der Waals surface area contributed by atoms with Gasteiger partial charge in [0.15, 0.2) is 11.3 Å². The lowest BCUT2D eigenvalue weighted by Crippen LogP contribution is -2.26. The molecule has 0 radical (unpaired) electrons. The molecule has 0 atom stereocenters. The number of carbonyl (C=O) groups is 1. The van der Waals surface area contributed by atoms with E-state index < -0.39 is 5.82 Å². The maximum Gasteiger partial charge on any atom is 0.255 e. The molecule has 0 saturated carbocycles. The monoisotopic (exact) mass is 508 g/mol. The van der Waals surface area contributed by atoms with E-state index in [9.17, 15) is 9.18 Å². The van der Waals surface area contributed by atoms with Gasteiger partial charge >= 0.3 is 0 Å². The molecule has 2 heterocycles. The van der Waals surface area contributed by atoms with E-state index in [0.717, 1.165) is 10.9 Å². The molecule has 0 aliphatic rings. The van der Waals surface area contributed by atoms with E-state index in [0.29, 0.717) is 46.1 Å². The van der Waals surface area contributed by atoms with Gasteiger partial charge in [0, 0.05) is 44.7 Å². The molecule has 0 aliphatic heterocycles. The molecule has 4 N–H and O–H groups in total. The van der Waals surface area contributed by atoms with Gasteiger partial charge in [0.25, 0.3) is 5.91 Å². The summed E-state index contributed by atoms with van der Waals surface area (Å²) >= 11 is 0. The van der Waals surface area contributed by atoms with Crippen molar-refractivity contribution in [3.8, 4) is 11.5 Å². The number of nitrogens with two attached hydrogens (primary N) is 2. The van der Waals surface area contributed by atoms with Crippen LogP contribution in [0.15, 0.2) is 40.9 Å². The van der Waals surface area contributed by atoms with Crippen molar-refractivity contribution in [1.82, 2.24) is 14.9 Å². The number of fused-ring (bicyclic) bond motifs is 1. The summed E-state index contributed by atoms with van der Waals surface area (Å²) in [6, 6.07) is 7.81. The number of ether oxygens (including phenoxy) is 2. The average Bonchev–Trinajstić information content (AvgIpc) is 3.28. The Labute approximate surface area is 213 Å². The quantitative estimate of drug-likeness (QED) is 0.367. The topological polar surface area (TPSA) is 133 Å². The predicted molar refractivity (Wildman–Crippen MR) is 140 cm³/mol. The number of nitrogens with zero attached hydrogens (tertiary/aromatic N) is 4. The molecule has 0 saturated heterocycles. The summed E-state index contributed by atoms with van der Waals surface area (Å²) in [7, 11) is 8.13.